The number of hydrogen-bond donors (Lipinski definition) is 3. The molecule has 0 aliphatic heterocycles. The maximum Gasteiger partial charge on any atom is 0.221 e. The summed E-state index contributed by atoms with van der Waals surface area (Å²) in [4.78, 5) is 15.6. The molecule has 0 spiro atoms. The van der Waals surface area contributed by atoms with Crippen LogP contribution in [-0.2, 0) is 4.79 Å². The van der Waals surface area contributed by atoms with Crippen LogP contribution in [0, 0.1) is 0 Å². The zero-order valence-electron chi connectivity index (χ0n) is 13.2. The van der Waals surface area contributed by atoms with Gasteiger partial charge in [0.1, 0.15) is 0 Å². The summed E-state index contributed by atoms with van der Waals surface area (Å²) >= 11 is 1.81. The summed E-state index contributed by atoms with van der Waals surface area (Å²) in [5, 5.41) is 9.25. The molecule has 7 heteroatoms. The van der Waals surface area contributed by atoms with Gasteiger partial charge >= 0.3 is 0 Å². The number of nitrogens with one attached hydrogen (secondary N) is 3. The Morgan fingerprint density at radius 2 is 1.85 bits per heavy atom. The molecule has 0 aliphatic carbocycles. The van der Waals surface area contributed by atoms with Crippen LogP contribution in [0.25, 0.3) is 0 Å². The summed E-state index contributed by atoms with van der Waals surface area (Å²) in [6, 6.07) is 0. The second kappa shape index (κ2) is 12.6. The first kappa shape index (κ1) is 22.1. The number of carbonyl (C=O) groups excluding carboxylic acids is 1. The molecule has 0 rings (SSSR count). The maximum absolute atomic E-state index is 11.4. The molecule has 0 fully saturated rings. The fraction of sp³-hybridized carbons (Fsp3) is 0.846. The molecule has 0 bridgehead atoms. The Hall–Kier alpha value is -0.180. The summed E-state index contributed by atoms with van der Waals surface area (Å²) < 4.78 is 0.163. The van der Waals surface area contributed by atoms with Crippen LogP contribution in [0.4, 0.5) is 0 Å². The molecule has 0 saturated heterocycles. The third-order valence-electron chi connectivity index (χ3n) is 2.67. The molecule has 0 unspecified atom stereocenters. The van der Waals surface area contributed by atoms with Crippen molar-refractivity contribution in [2.75, 3.05) is 32.9 Å². The highest BCUT2D eigenvalue weighted by Crippen LogP contribution is 2.19. The summed E-state index contributed by atoms with van der Waals surface area (Å²) in [7, 11) is 1.73. The van der Waals surface area contributed by atoms with Crippen LogP contribution in [0.5, 0.6) is 0 Å². The van der Waals surface area contributed by atoms with Crippen LogP contribution in [0.15, 0.2) is 4.99 Å². The topological polar surface area (TPSA) is 65.5 Å². The van der Waals surface area contributed by atoms with Crippen molar-refractivity contribution in [3.05, 3.63) is 0 Å². The fourth-order valence-electron chi connectivity index (χ4n) is 1.24. The number of rotatable bonds is 8. The summed E-state index contributed by atoms with van der Waals surface area (Å²) in [5.74, 6) is 0.819. The van der Waals surface area contributed by atoms with Crippen LogP contribution in [0.1, 0.15) is 33.6 Å². The summed E-state index contributed by atoms with van der Waals surface area (Å²) in [6.45, 7) is 8.56. The van der Waals surface area contributed by atoms with E-state index < -0.39 is 0 Å². The van der Waals surface area contributed by atoms with Crippen LogP contribution in [-0.4, -0.2) is 49.6 Å². The second-order valence-electron chi connectivity index (χ2n) is 4.92. The number of halogens is 1. The zero-order chi connectivity index (χ0) is 14.7. The highest BCUT2D eigenvalue weighted by Gasteiger charge is 2.15. The first-order valence-corrected chi connectivity index (χ1v) is 7.94. The lowest BCUT2D eigenvalue weighted by molar-refractivity contribution is -0.120. The molecule has 20 heavy (non-hydrogen) atoms. The monoisotopic (exact) mass is 416 g/mol. The van der Waals surface area contributed by atoms with Crippen LogP contribution in [0.2, 0.25) is 0 Å². The lowest BCUT2D eigenvalue weighted by Crippen LogP contribution is -2.44. The van der Waals surface area contributed by atoms with E-state index in [-0.39, 0.29) is 34.6 Å². The van der Waals surface area contributed by atoms with Crippen molar-refractivity contribution in [1.29, 1.82) is 0 Å². The van der Waals surface area contributed by atoms with Gasteiger partial charge < -0.3 is 16.0 Å². The fourth-order valence-corrected chi connectivity index (χ4v) is 1.45. The molecule has 3 N–H and O–H groups in total. The lowest BCUT2D eigenvalue weighted by atomic mass is 10.2. The third kappa shape index (κ3) is 11.6. The van der Waals surface area contributed by atoms with E-state index in [4.69, 9.17) is 0 Å². The average Bonchev–Trinajstić information content (AvgIpc) is 2.40. The van der Waals surface area contributed by atoms with Gasteiger partial charge in [-0.1, -0.05) is 6.92 Å². The Bertz CT molecular complexity index is 298. The van der Waals surface area contributed by atoms with Crippen molar-refractivity contribution >= 4 is 47.6 Å². The Kier molecular flexibility index (Phi) is 13.9. The van der Waals surface area contributed by atoms with Crippen molar-refractivity contribution in [1.82, 2.24) is 16.0 Å². The number of nitrogens with zero attached hydrogens (tertiary/aromatic N) is 1. The van der Waals surface area contributed by atoms with Gasteiger partial charge in [0.05, 0.1) is 0 Å². The van der Waals surface area contributed by atoms with Crippen molar-refractivity contribution in [3.8, 4) is 0 Å². The van der Waals surface area contributed by atoms with Crippen LogP contribution < -0.4 is 16.0 Å². The Morgan fingerprint density at radius 3 is 2.35 bits per heavy atom. The second-order valence-corrected chi connectivity index (χ2v) is 6.43. The van der Waals surface area contributed by atoms with E-state index in [1.54, 1.807) is 7.05 Å². The number of guanidine groups is 1. The number of thioether (sulfide) groups is 1. The minimum atomic E-state index is 0. The van der Waals surface area contributed by atoms with E-state index >= 15 is 0 Å². The molecule has 1 amide bonds. The predicted octanol–water partition coefficient (Wildman–Crippen LogP) is 1.83. The first-order chi connectivity index (χ1) is 8.95. The lowest BCUT2D eigenvalue weighted by Gasteiger charge is -2.23. The molecule has 0 aromatic rings. The standard InChI is InChI=1S/C13H28N4OS.HI/c1-6-8-15-11(18)7-9-16-12(14-4)17-10-13(2,3)19-5;/h6-10H2,1-5H3,(H,15,18)(H2,14,16,17);1H. The largest absolute Gasteiger partial charge is 0.356 e. The van der Waals surface area contributed by atoms with E-state index in [1.165, 1.54) is 0 Å². The zero-order valence-corrected chi connectivity index (χ0v) is 16.4. The van der Waals surface area contributed by atoms with Crippen LogP contribution in [0.3, 0.4) is 0 Å². The SMILES string of the molecule is CCCNC(=O)CCNC(=NC)NCC(C)(C)SC.I. The van der Waals surface area contributed by atoms with Crippen molar-refractivity contribution in [3.63, 3.8) is 0 Å². The summed E-state index contributed by atoms with van der Waals surface area (Å²) in [5.41, 5.74) is 0. The number of aliphatic imine (C=N–C) groups is 1. The molecular formula is C13H29IN4OS. The highest BCUT2D eigenvalue weighted by molar-refractivity contribution is 14.0. The van der Waals surface area contributed by atoms with E-state index in [1.807, 2.05) is 18.7 Å². The van der Waals surface area contributed by atoms with Crippen molar-refractivity contribution < 1.29 is 4.79 Å². The molecule has 120 valence electrons. The van der Waals surface area contributed by atoms with E-state index in [0.29, 0.717) is 13.0 Å². The van der Waals surface area contributed by atoms with Crippen molar-refractivity contribution in [2.24, 2.45) is 4.99 Å². The van der Waals surface area contributed by atoms with Gasteiger partial charge in [-0.2, -0.15) is 11.8 Å². The van der Waals surface area contributed by atoms with Gasteiger partial charge in [0.25, 0.3) is 0 Å². The van der Waals surface area contributed by atoms with Gasteiger partial charge in [-0.15, -0.1) is 24.0 Å². The molecule has 5 nitrogen and oxygen atoms in total. The molecule has 0 heterocycles. The summed E-state index contributed by atoms with van der Waals surface area (Å²) in [6.07, 6.45) is 3.52. The van der Waals surface area contributed by atoms with Gasteiger partial charge in [0.15, 0.2) is 5.96 Å². The number of hydrogen-bond acceptors (Lipinski definition) is 3. The Morgan fingerprint density at radius 1 is 1.20 bits per heavy atom. The molecule has 0 aliphatic rings. The maximum atomic E-state index is 11.4. The average molecular weight is 416 g/mol. The van der Waals surface area contributed by atoms with Crippen LogP contribution >= 0.6 is 35.7 Å². The number of carbonyl (C=O) groups is 1. The van der Waals surface area contributed by atoms with Crippen molar-refractivity contribution in [2.45, 2.75) is 38.4 Å². The van der Waals surface area contributed by atoms with Gasteiger partial charge in [-0.05, 0) is 26.5 Å². The minimum absolute atomic E-state index is 0. The molecule has 0 aromatic heterocycles. The smallest absolute Gasteiger partial charge is 0.221 e. The molecule has 0 atom stereocenters. The molecule has 0 radical (unpaired) electrons. The molecule has 0 aromatic carbocycles. The van der Waals surface area contributed by atoms with Gasteiger partial charge in [-0.3, -0.25) is 9.79 Å². The third-order valence-corrected chi connectivity index (χ3v) is 3.92. The quantitative estimate of drug-likeness (QED) is 0.321. The van der Waals surface area contributed by atoms with Gasteiger partial charge in [0, 0.05) is 37.8 Å². The minimum Gasteiger partial charge on any atom is -0.356 e. The first-order valence-electron chi connectivity index (χ1n) is 6.71. The van der Waals surface area contributed by atoms with Gasteiger partial charge in [-0.25, -0.2) is 0 Å². The van der Waals surface area contributed by atoms with E-state index in [9.17, 15) is 4.79 Å². The predicted molar refractivity (Wildman–Crippen MR) is 100 cm³/mol. The number of amides is 1. The van der Waals surface area contributed by atoms with E-state index in [0.717, 1.165) is 25.5 Å². The van der Waals surface area contributed by atoms with E-state index in [2.05, 4.69) is 41.0 Å². The highest BCUT2D eigenvalue weighted by atomic mass is 127. The Balaban J connectivity index is 0. The molecular weight excluding hydrogens is 387 g/mol. The Labute approximate surface area is 144 Å². The normalized spacial score (nSPS) is 11.6. The molecule has 0 saturated carbocycles. The van der Waals surface area contributed by atoms with Gasteiger partial charge in [0.2, 0.25) is 5.91 Å².